The Morgan fingerprint density at radius 3 is 2.64 bits per heavy atom. The minimum Gasteiger partial charge on any atom is -0.354 e. The summed E-state index contributed by atoms with van der Waals surface area (Å²) in [7, 11) is 0. The third-order valence-corrected chi connectivity index (χ3v) is 4.58. The highest BCUT2D eigenvalue weighted by molar-refractivity contribution is 5.78. The fourth-order valence-corrected chi connectivity index (χ4v) is 3.37. The molecule has 10 heteroatoms. The van der Waals surface area contributed by atoms with Crippen molar-refractivity contribution >= 4 is 17.5 Å². The monoisotopic (exact) mass is 390 g/mol. The van der Waals surface area contributed by atoms with Gasteiger partial charge in [0.1, 0.15) is 5.82 Å². The van der Waals surface area contributed by atoms with Crippen LogP contribution < -0.4 is 10.2 Å². The van der Waals surface area contributed by atoms with Crippen LogP contribution in [0.25, 0.3) is 5.78 Å². The van der Waals surface area contributed by atoms with Gasteiger partial charge in [-0.05, 0) is 12.5 Å². The number of rotatable bonds is 2. The van der Waals surface area contributed by atoms with E-state index in [4.69, 9.17) is 0 Å². The number of amides is 1. The average Bonchev–Trinajstić information content (AvgIpc) is 2.99. The minimum absolute atomic E-state index is 0.118. The smallest absolute Gasteiger partial charge is 0.354 e. The quantitative estimate of drug-likeness (QED) is 0.728. The fraction of sp³-hybridized carbons (Fsp3) is 0.333. The Labute approximate surface area is 158 Å². The summed E-state index contributed by atoms with van der Waals surface area (Å²) in [5.74, 6) is -1.08. The number of carbonyl (C=O) groups excluding carboxylic acids is 1. The highest BCUT2D eigenvalue weighted by Crippen LogP contribution is 2.32. The molecule has 1 aliphatic rings. The van der Waals surface area contributed by atoms with Crippen molar-refractivity contribution in [2.75, 3.05) is 18.0 Å². The SMILES string of the molecule is Cc1cc(N2CCNC(=O)C[C@@H]2c2ccccc2)n2nc(C(F)(F)F)nc2n1. The Morgan fingerprint density at radius 1 is 1.18 bits per heavy atom. The number of aromatic nitrogens is 4. The topological polar surface area (TPSA) is 75.4 Å². The molecule has 1 saturated heterocycles. The molecule has 1 atom stereocenters. The molecule has 1 fully saturated rings. The molecule has 0 radical (unpaired) electrons. The van der Waals surface area contributed by atoms with Crippen LogP contribution in [0.1, 0.15) is 29.5 Å². The van der Waals surface area contributed by atoms with Crippen LogP contribution in [0.5, 0.6) is 0 Å². The molecule has 2 aromatic heterocycles. The zero-order valence-electron chi connectivity index (χ0n) is 14.9. The highest BCUT2D eigenvalue weighted by Gasteiger charge is 2.37. The predicted octanol–water partition coefficient (Wildman–Crippen LogP) is 2.52. The van der Waals surface area contributed by atoms with Crippen LogP contribution in [0.4, 0.5) is 19.0 Å². The summed E-state index contributed by atoms with van der Waals surface area (Å²) in [6.45, 7) is 2.46. The van der Waals surface area contributed by atoms with E-state index in [2.05, 4.69) is 20.4 Å². The number of benzene rings is 1. The maximum Gasteiger partial charge on any atom is 0.453 e. The van der Waals surface area contributed by atoms with Gasteiger partial charge >= 0.3 is 6.18 Å². The van der Waals surface area contributed by atoms with Gasteiger partial charge in [0.05, 0.1) is 12.5 Å². The van der Waals surface area contributed by atoms with E-state index in [9.17, 15) is 18.0 Å². The number of hydrogen-bond donors (Lipinski definition) is 1. The Kier molecular flexibility index (Phi) is 4.40. The summed E-state index contributed by atoms with van der Waals surface area (Å²) < 4.78 is 40.5. The lowest BCUT2D eigenvalue weighted by molar-refractivity contribution is -0.144. The Bertz CT molecular complexity index is 1020. The van der Waals surface area contributed by atoms with Gasteiger partial charge < -0.3 is 10.2 Å². The molecular formula is C18H17F3N6O. The summed E-state index contributed by atoms with van der Waals surface area (Å²) in [5.41, 5.74) is 1.40. The molecule has 3 aromatic rings. The van der Waals surface area contributed by atoms with E-state index >= 15 is 0 Å². The molecule has 0 spiro atoms. The first-order valence-corrected chi connectivity index (χ1v) is 8.73. The number of aryl methyl sites for hydroxylation is 1. The Hall–Kier alpha value is -3.17. The summed E-state index contributed by atoms with van der Waals surface area (Å²) >= 11 is 0. The molecule has 1 aromatic carbocycles. The second-order valence-corrected chi connectivity index (χ2v) is 6.57. The highest BCUT2D eigenvalue weighted by atomic mass is 19.4. The third-order valence-electron chi connectivity index (χ3n) is 4.58. The van der Waals surface area contributed by atoms with Crippen molar-refractivity contribution in [3.05, 3.63) is 53.5 Å². The summed E-state index contributed by atoms with van der Waals surface area (Å²) in [4.78, 5) is 21.7. The van der Waals surface area contributed by atoms with Gasteiger partial charge in [-0.3, -0.25) is 4.79 Å². The van der Waals surface area contributed by atoms with Crippen LogP contribution in [0.2, 0.25) is 0 Å². The van der Waals surface area contributed by atoms with Gasteiger partial charge in [0.15, 0.2) is 0 Å². The van der Waals surface area contributed by atoms with Crippen LogP contribution in [-0.4, -0.2) is 38.6 Å². The van der Waals surface area contributed by atoms with E-state index in [1.54, 1.807) is 13.0 Å². The molecule has 146 valence electrons. The lowest BCUT2D eigenvalue weighted by Gasteiger charge is -2.31. The molecule has 0 aliphatic carbocycles. The summed E-state index contributed by atoms with van der Waals surface area (Å²) in [6, 6.07) is 10.7. The molecule has 1 aliphatic heterocycles. The minimum atomic E-state index is -4.67. The first kappa shape index (κ1) is 18.2. The molecule has 0 unspecified atom stereocenters. The van der Waals surface area contributed by atoms with E-state index in [0.29, 0.717) is 24.6 Å². The summed E-state index contributed by atoms with van der Waals surface area (Å²) in [5, 5.41) is 6.46. The number of hydrogen-bond acceptors (Lipinski definition) is 5. The van der Waals surface area contributed by atoms with Gasteiger partial charge in [0.25, 0.3) is 11.6 Å². The largest absolute Gasteiger partial charge is 0.453 e. The van der Waals surface area contributed by atoms with Crippen molar-refractivity contribution in [2.45, 2.75) is 25.6 Å². The number of nitrogens with zero attached hydrogens (tertiary/aromatic N) is 5. The number of alkyl halides is 3. The molecule has 28 heavy (non-hydrogen) atoms. The molecule has 7 nitrogen and oxygen atoms in total. The lowest BCUT2D eigenvalue weighted by Crippen LogP contribution is -2.32. The molecule has 0 saturated carbocycles. The van der Waals surface area contributed by atoms with Crippen molar-refractivity contribution < 1.29 is 18.0 Å². The van der Waals surface area contributed by atoms with E-state index in [1.165, 1.54) is 0 Å². The third kappa shape index (κ3) is 3.37. The number of anilines is 1. The maximum atomic E-state index is 13.1. The fourth-order valence-electron chi connectivity index (χ4n) is 3.37. The van der Waals surface area contributed by atoms with E-state index in [-0.39, 0.29) is 24.1 Å². The van der Waals surface area contributed by atoms with Crippen LogP contribution in [0.3, 0.4) is 0 Å². The van der Waals surface area contributed by atoms with Crippen molar-refractivity contribution in [2.24, 2.45) is 0 Å². The van der Waals surface area contributed by atoms with Crippen molar-refractivity contribution in [3.8, 4) is 0 Å². The summed E-state index contributed by atoms with van der Waals surface area (Å²) in [6.07, 6.45) is -4.50. The van der Waals surface area contributed by atoms with E-state index < -0.39 is 12.0 Å². The standard InChI is InChI=1S/C18H17F3N6O/c1-11-9-15(27-17(23-11)24-16(25-27)18(19,20)21)26-8-7-22-14(28)10-13(26)12-5-3-2-4-6-12/h2-6,9,13H,7-8,10H2,1H3,(H,22,28)/t13-/m1/s1. The van der Waals surface area contributed by atoms with Crippen molar-refractivity contribution in [3.63, 3.8) is 0 Å². The first-order valence-electron chi connectivity index (χ1n) is 8.73. The second-order valence-electron chi connectivity index (χ2n) is 6.57. The van der Waals surface area contributed by atoms with Crippen LogP contribution in [0, 0.1) is 6.92 Å². The van der Waals surface area contributed by atoms with Crippen molar-refractivity contribution in [1.82, 2.24) is 24.9 Å². The number of halogens is 3. The first-order chi connectivity index (χ1) is 13.3. The Morgan fingerprint density at radius 2 is 1.93 bits per heavy atom. The number of carbonyl (C=O) groups is 1. The van der Waals surface area contributed by atoms with Crippen molar-refractivity contribution in [1.29, 1.82) is 0 Å². The maximum absolute atomic E-state index is 13.1. The average molecular weight is 390 g/mol. The zero-order valence-corrected chi connectivity index (χ0v) is 14.9. The van der Waals surface area contributed by atoms with Gasteiger partial charge in [0, 0.05) is 24.8 Å². The molecule has 3 heterocycles. The number of fused-ring (bicyclic) bond motifs is 1. The van der Waals surface area contributed by atoms with Gasteiger partial charge in [-0.15, -0.1) is 5.10 Å². The van der Waals surface area contributed by atoms with Crippen LogP contribution in [-0.2, 0) is 11.0 Å². The normalized spacial score (nSPS) is 18.2. The molecule has 0 bridgehead atoms. The predicted molar refractivity (Wildman–Crippen MR) is 94.7 cm³/mol. The van der Waals surface area contributed by atoms with Gasteiger partial charge in [-0.2, -0.15) is 22.7 Å². The van der Waals surface area contributed by atoms with E-state index in [1.807, 2.05) is 35.2 Å². The second kappa shape index (κ2) is 6.77. The van der Waals surface area contributed by atoms with Gasteiger partial charge in [-0.25, -0.2) is 4.98 Å². The van der Waals surface area contributed by atoms with Crippen LogP contribution >= 0.6 is 0 Å². The molecule has 1 amide bonds. The molecule has 4 rings (SSSR count). The zero-order chi connectivity index (χ0) is 19.9. The van der Waals surface area contributed by atoms with E-state index in [0.717, 1.165) is 10.1 Å². The number of nitrogens with one attached hydrogen (secondary N) is 1. The Balaban J connectivity index is 1.88. The van der Waals surface area contributed by atoms with Gasteiger partial charge in [-0.1, -0.05) is 30.3 Å². The molecular weight excluding hydrogens is 373 g/mol. The van der Waals surface area contributed by atoms with Gasteiger partial charge in [0.2, 0.25) is 5.91 Å². The lowest BCUT2D eigenvalue weighted by atomic mass is 10.0. The molecule has 1 N–H and O–H groups in total. The van der Waals surface area contributed by atoms with Crippen LogP contribution in [0.15, 0.2) is 36.4 Å².